The van der Waals surface area contributed by atoms with E-state index in [1.807, 2.05) is 17.0 Å². The van der Waals surface area contributed by atoms with Crippen molar-refractivity contribution >= 4 is 11.8 Å². The Hall–Kier alpha value is -3.02. The highest BCUT2D eigenvalue weighted by Gasteiger charge is 2.33. The molecule has 1 fully saturated rings. The van der Waals surface area contributed by atoms with Crippen molar-refractivity contribution in [3.8, 4) is 11.5 Å². The van der Waals surface area contributed by atoms with Crippen LogP contribution in [-0.4, -0.2) is 37.0 Å². The van der Waals surface area contributed by atoms with E-state index in [1.54, 1.807) is 44.6 Å². The highest BCUT2D eigenvalue weighted by Crippen LogP contribution is 2.32. The summed E-state index contributed by atoms with van der Waals surface area (Å²) < 4.78 is 10.5. The zero-order valence-electron chi connectivity index (χ0n) is 14.9. The molecule has 26 heavy (non-hydrogen) atoms. The smallest absolute Gasteiger partial charge is 0.254 e. The van der Waals surface area contributed by atoms with Crippen LogP contribution in [0, 0.1) is 0 Å². The summed E-state index contributed by atoms with van der Waals surface area (Å²) in [5.74, 6) is 0.605. The Bertz CT molecular complexity index is 813. The topological polar surface area (TPSA) is 81.9 Å². The molecule has 0 aromatic heterocycles. The Morgan fingerprint density at radius 1 is 1.00 bits per heavy atom. The van der Waals surface area contributed by atoms with Gasteiger partial charge in [0.25, 0.3) is 5.91 Å². The number of nitrogens with two attached hydrogens (primary N) is 1. The highest BCUT2D eigenvalue weighted by atomic mass is 16.5. The fourth-order valence-electron chi connectivity index (χ4n) is 2.86. The van der Waals surface area contributed by atoms with Crippen LogP contribution in [0.15, 0.2) is 42.5 Å². The lowest BCUT2D eigenvalue weighted by molar-refractivity contribution is 0.0729. The number of nitrogens with zero attached hydrogens (tertiary/aromatic N) is 1. The average Bonchev–Trinajstić information content (AvgIpc) is 3.50. The maximum atomic E-state index is 13.0. The molecule has 0 spiro atoms. The molecular formula is C20H22N2O4. The van der Waals surface area contributed by atoms with Gasteiger partial charge >= 0.3 is 0 Å². The summed E-state index contributed by atoms with van der Waals surface area (Å²) in [6, 6.07) is 12.5. The van der Waals surface area contributed by atoms with Crippen LogP contribution in [0.25, 0.3) is 0 Å². The van der Waals surface area contributed by atoms with Crippen LogP contribution in [0.3, 0.4) is 0 Å². The number of carbonyl (C=O) groups is 2. The Balaban J connectivity index is 1.81. The lowest BCUT2D eigenvalue weighted by atomic mass is 10.1. The van der Waals surface area contributed by atoms with Crippen molar-refractivity contribution in [3.63, 3.8) is 0 Å². The van der Waals surface area contributed by atoms with Gasteiger partial charge in [-0.3, -0.25) is 9.59 Å². The first-order valence-corrected chi connectivity index (χ1v) is 8.45. The monoisotopic (exact) mass is 354 g/mol. The van der Waals surface area contributed by atoms with E-state index >= 15 is 0 Å². The molecule has 0 aliphatic heterocycles. The van der Waals surface area contributed by atoms with Crippen molar-refractivity contribution in [1.29, 1.82) is 0 Å². The van der Waals surface area contributed by atoms with Crippen LogP contribution >= 0.6 is 0 Å². The molecule has 0 unspecified atom stereocenters. The number of benzene rings is 2. The zero-order valence-corrected chi connectivity index (χ0v) is 14.9. The number of ether oxygens (including phenoxy) is 2. The number of methoxy groups -OCH3 is 2. The first-order valence-electron chi connectivity index (χ1n) is 8.45. The maximum absolute atomic E-state index is 13.0. The molecule has 2 N–H and O–H groups in total. The van der Waals surface area contributed by atoms with Crippen molar-refractivity contribution in [2.75, 3.05) is 14.2 Å². The molecule has 0 radical (unpaired) electrons. The Labute approximate surface area is 152 Å². The number of hydrogen-bond donors (Lipinski definition) is 1. The fourth-order valence-corrected chi connectivity index (χ4v) is 2.86. The first-order chi connectivity index (χ1) is 12.5. The lowest BCUT2D eigenvalue weighted by Crippen LogP contribution is -2.32. The predicted octanol–water partition coefficient (Wildman–Crippen LogP) is 2.61. The molecular weight excluding hydrogens is 332 g/mol. The summed E-state index contributed by atoms with van der Waals surface area (Å²) in [7, 11) is 3.11. The summed E-state index contributed by atoms with van der Waals surface area (Å²) >= 11 is 0. The van der Waals surface area contributed by atoms with Gasteiger partial charge < -0.3 is 20.1 Å². The minimum absolute atomic E-state index is 0.0487. The van der Waals surface area contributed by atoms with Gasteiger partial charge in [0.05, 0.1) is 14.2 Å². The first kappa shape index (κ1) is 17.8. The van der Waals surface area contributed by atoms with Crippen LogP contribution in [0.2, 0.25) is 0 Å². The lowest BCUT2D eigenvalue weighted by Gasteiger charge is -2.23. The fraction of sp³-hybridized carbons (Fsp3) is 0.300. The zero-order chi connectivity index (χ0) is 18.7. The summed E-state index contributed by atoms with van der Waals surface area (Å²) in [4.78, 5) is 26.1. The van der Waals surface area contributed by atoms with Gasteiger partial charge in [0.1, 0.15) is 0 Å². The average molecular weight is 354 g/mol. The molecule has 6 heteroatoms. The number of primary amides is 1. The van der Waals surface area contributed by atoms with Crippen molar-refractivity contribution in [2.24, 2.45) is 5.73 Å². The molecule has 1 aliphatic rings. The molecule has 1 saturated carbocycles. The molecule has 0 saturated heterocycles. The Morgan fingerprint density at radius 2 is 1.62 bits per heavy atom. The van der Waals surface area contributed by atoms with Crippen molar-refractivity contribution in [2.45, 2.75) is 25.4 Å². The number of amides is 2. The molecule has 2 amide bonds. The second kappa shape index (κ2) is 7.47. The molecule has 0 heterocycles. The van der Waals surface area contributed by atoms with Crippen LogP contribution in [0.4, 0.5) is 0 Å². The van der Waals surface area contributed by atoms with E-state index in [0.717, 1.165) is 18.4 Å². The van der Waals surface area contributed by atoms with Crippen LogP contribution in [0.5, 0.6) is 11.5 Å². The summed E-state index contributed by atoms with van der Waals surface area (Å²) in [6.07, 6.45) is 2.00. The third-order valence-corrected chi connectivity index (χ3v) is 4.47. The second-order valence-corrected chi connectivity index (χ2v) is 6.30. The van der Waals surface area contributed by atoms with Crippen molar-refractivity contribution in [1.82, 2.24) is 4.90 Å². The van der Waals surface area contributed by atoms with Crippen molar-refractivity contribution in [3.05, 3.63) is 59.2 Å². The summed E-state index contributed by atoms with van der Waals surface area (Å²) in [5, 5.41) is 0. The molecule has 0 bridgehead atoms. The highest BCUT2D eigenvalue weighted by molar-refractivity contribution is 5.95. The Kier molecular flexibility index (Phi) is 5.11. The van der Waals surface area contributed by atoms with E-state index in [0.29, 0.717) is 29.2 Å². The van der Waals surface area contributed by atoms with E-state index in [9.17, 15) is 9.59 Å². The van der Waals surface area contributed by atoms with Crippen molar-refractivity contribution < 1.29 is 19.1 Å². The SMILES string of the molecule is COc1ccc(C(=O)N(Cc2ccc(C(N)=O)cc2)C2CC2)cc1OC. The quantitative estimate of drug-likeness (QED) is 0.829. The number of carbonyl (C=O) groups excluding carboxylic acids is 2. The molecule has 2 aromatic carbocycles. The van der Waals surface area contributed by atoms with E-state index in [4.69, 9.17) is 15.2 Å². The van der Waals surface area contributed by atoms with Gasteiger partial charge in [-0.25, -0.2) is 0 Å². The standard InChI is InChI=1S/C20H22N2O4/c1-25-17-10-7-15(11-18(17)26-2)20(24)22(16-8-9-16)12-13-3-5-14(6-4-13)19(21)23/h3-7,10-11,16H,8-9,12H2,1-2H3,(H2,21,23). The van der Waals surface area contributed by atoms with Gasteiger partial charge in [0, 0.05) is 23.7 Å². The van der Waals surface area contributed by atoms with Crippen LogP contribution < -0.4 is 15.2 Å². The van der Waals surface area contributed by atoms with Gasteiger partial charge in [-0.1, -0.05) is 12.1 Å². The van der Waals surface area contributed by atoms with Gasteiger partial charge in [-0.05, 0) is 48.7 Å². The van der Waals surface area contributed by atoms with Crippen LogP contribution in [0.1, 0.15) is 39.1 Å². The van der Waals surface area contributed by atoms with Gasteiger partial charge in [-0.15, -0.1) is 0 Å². The summed E-state index contributed by atoms with van der Waals surface area (Å²) in [5.41, 5.74) is 7.24. The minimum Gasteiger partial charge on any atom is -0.493 e. The maximum Gasteiger partial charge on any atom is 0.254 e. The number of rotatable bonds is 7. The van der Waals surface area contributed by atoms with Gasteiger partial charge in [0.15, 0.2) is 11.5 Å². The molecule has 1 aliphatic carbocycles. The summed E-state index contributed by atoms with van der Waals surface area (Å²) in [6.45, 7) is 0.483. The van der Waals surface area contributed by atoms with Gasteiger partial charge in [-0.2, -0.15) is 0 Å². The third kappa shape index (κ3) is 3.79. The van der Waals surface area contributed by atoms with E-state index in [-0.39, 0.29) is 11.9 Å². The second-order valence-electron chi connectivity index (χ2n) is 6.30. The van der Waals surface area contributed by atoms with E-state index < -0.39 is 5.91 Å². The molecule has 136 valence electrons. The molecule has 3 rings (SSSR count). The van der Waals surface area contributed by atoms with E-state index in [2.05, 4.69) is 0 Å². The molecule has 6 nitrogen and oxygen atoms in total. The van der Waals surface area contributed by atoms with Gasteiger partial charge in [0.2, 0.25) is 5.91 Å². The third-order valence-electron chi connectivity index (χ3n) is 4.47. The minimum atomic E-state index is -0.461. The molecule has 2 aromatic rings. The van der Waals surface area contributed by atoms with Crippen LogP contribution in [-0.2, 0) is 6.54 Å². The molecule has 0 atom stereocenters. The Morgan fingerprint density at radius 3 is 2.15 bits per heavy atom. The van der Waals surface area contributed by atoms with E-state index in [1.165, 1.54) is 0 Å². The number of hydrogen-bond acceptors (Lipinski definition) is 4. The predicted molar refractivity (Wildman–Crippen MR) is 97.4 cm³/mol. The normalized spacial score (nSPS) is 13.2. The largest absolute Gasteiger partial charge is 0.493 e.